The van der Waals surface area contributed by atoms with E-state index >= 15 is 0 Å². The van der Waals surface area contributed by atoms with Gasteiger partial charge in [-0.25, -0.2) is 0 Å². The van der Waals surface area contributed by atoms with Crippen molar-refractivity contribution in [2.45, 2.75) is 93.4 Å². The Morgan fingerprint density at radius 3 is 2.07 bits per heavy atom. The second-order valence-electron chi connectivity index (χ2n) is 12.3. The van der Waals surface area contributed by atoms with Crippen LogP contribution in [0, 0.1) is 31.7 Å². The number of pyridine rings is 1. The van der Waals surface area contributed by atoms with E-state index in [0.29, 0.717) is 14.5 Å². The predicted octanol–water partition coefficient (Wildman–Crippen LogP) is 10.2. The number of carbonyl (C=O) groups is 1. The van der Waals surface area contributed by atoms with Crippen molar-refractivity contribution in [1.82, 2.24) is 4.98 Å². The maximum atomic E-state index is 11.7. The first-order valence-electron chi connectivity index (χ1n) is 15.4. The van der Waals surface area contributed by atoms with Crippen molar-refractivity contribution < 1.29 is 30.0 Å². The van der Waals surface area contributed by atoms with Crippen LogP contribution in [0.1, 0.15) is 90.8 Å². The van der Waals surface area contributed by atoms with Crippen molar-refractivity contribution in [3.63, 3.8) is 0 Å². The molecule has 43 heavy (non-hydrogen) atoms. The molecule has 0 aliphatic heterocycles. The van der Waals surface area contributed by atoms with Gasteiger partial charge in [0.1, 0.15) is 0 Å². The van der Waals surface area contributed by atoms with E-state index in [2.05, 4.69) is 89.2 Å². The van der Waals surface area contributed by atoms with Crippen molar-refractivity contribution in [2.24, 2.45) is 11.8 Å². The maximum Gasteiger partial charge on any atom is 0 e. The fourth-order valence-corrected chi connectivity index (χ4v) is 7.43. The van der Waals surface area contributed by atoms with Crippen molar-refractivity contribution in [2.75, 3.05) is 0 Å². The van der Waals surface area contributed by atoms with E-state index in [0.717, 1.165) is 42.5 Å². The van der Waals surface area contributed by atoms with Gasteiger partial charge in [0.15, 0.2) is 5.78 Å². The van der Waals surface area contributed by atoms with Gasteiger partial charge >= 0.3 is 168 Å². The minimum atomic E-state index is 0. The van der Waals surface area contributed by atoms with E-state index in [1.54, 1.807) is 0 Å². The first kappa shape index (κ1) is 36.9. The van der Waals surface area contributed by atoms with Crippen molar-refractivity contribution in [3.8, 4) is 21.3 Å². The number of rotatable bonds is 9. The first-order chi connectivity index (χ1) is 19.9. The quantitative estimate of drug-likeness (QED) is 0.0792. The van der Waals surface area contributed by atoms with Crippen LogP contribution in [-0.4, -0.2) is 30.4 Å². The molecule has 1 radical (unpaired) electrons. The number of aliphatic hydroxyl groups excluding tert-OH is 1. The van der Waals surface area contributed by atoms with Gasteiger partial charge in [0.05, 0.1) is 5.76 Å². The van der Waals surface area contributed by atoms with E-state index in [4.69, 9.17) is 4.98 Å². The molecule has 0 bridgehead atoms. The molecule has 0 saturated carbocycles. The number of aromatic nitrogens is 1. The number of ketones is 1. The Balaban J connectivity index is 0.000000348. The Morgan fingerprint density at radius 1 is 0.930 bits per heavy atom. The number of hydrogen-bond acceptors (Lipinski definition) is 3. The fraction of sp³-hybridized carbons (Fsp3) is 0.421. The number of fused-ring (bicyclic) bond motifs is 1. The zero-order valence-corrected chi connectivity index (χ0v) is 31.4. The molecule has 4 rings (SSSR count). The smallest absolute Gasteiger partial charge is 0 e. The van der Waals surface area contributed by atoms with E-state index in [9.17, 15) is 9.90 Å². The van der Waals surface area contributed by atoms with E-state index in [1.165, 1.54) is 36.9 Å². The number of carbonyl (C=O) groups excluding carboxylic acids is 1. The second kappa shape index (κ2) is 16.7. The van der Waals surface area contributed by atoms with Gasteiger partial charge in [0.2, 0.25) is 0 Å². The summed E-state index contributed by atoms with van der Waals surface area (Å²) in [5.41, 5.74) is 7.44. The van der Waals surface area contributed by atoms with Crippen LogP contribution in [0.2, 0.25) is 0 Å². The average molecular weight is 822 g/mol. The van der Waals surface area contributed by atoms with Crippen LogP contribution in [0.3, 0.4) is 0 Å². The summed E-state index contributed by atoms with van der Waals surface area (Å²) in [6, 6.07) is 21.4. The number of allylic oxidation sites excluding steroid dienone is 2. The van der Waals surface area contributed by atoms with E-state index < -0.39 is 0 Å². The fourth-order valence-electron chi connectivity index (χ4n) is 5.17. The van der Waals surface area contributed by atoms with Gasteiger partial charge in [-0.15, -0.1) is 0 Å². The van der Waals surface area contributed by atoms with Crippen LogP contribution in [0.5, 0.6) is 0 Å². The van der Waals surface area contributed by atoms with Gasteiger partial charge in [0, 0.05) is 38.0 Å². The standard InChI is InChI=1S/C25H24NSe.C13H24O2.Ir/c1-16-10-17(2)12-19(11-16)22-14-24-20(15-26-22)13-23(27-24)18-6-8-21(9-7-18)25(3,4)5;1-5-10(6-2)12(14)9-13(15)11(7-3)8-4;/h6-11,13-15H,1-5H3;9-11,14H,5-8H2,1-4H3;/q-1;;/b;12-9-;. The third-order valence-corrected chi connectivity index (χ3v) is 10.3. The van der Waals surface area contributed by atoms with Crippen molar-refractivity contribution >= 4 is 29.9 Å². The summed E-state index contributed by atoms with van der Waals surface area (Å²) in [7, 11) is 0. The Morgan fingerprint density at radius 2 is 1.53 bits per heavy atom. The van der Waals surface area contributed by atoms with Crippen LogP contribution >= 0.6 is 0 Å². The Bertz CT molecular complexity index is 1480. The van der Waals surface area contributed by atoms with Gasteiger partial charge in [0.25, 0.3) is 0 Å². The molecule has 4 aromatic rings. The van der Waals surface area contributed by atoms with Gasteiger partial charge in [-0.1, -0.05) is 27.7 Å². The predicted molar refractivity (Wildman–Crippen MR) is 180 cm³/mol. The third kappa shape index (κ3) is 10.1. The zero-order valence-electron chi connectivity index (χ0n) is 27.3. The third-order valence-electron chi connectivity index (χ3n) is 7.94. The summed E-state index contributed by atoms with van der Waals surface area (Å²) in [5.74, 6) is 0.547. The number of nitrogens with zero attached hydrogens (tertiary/aromatic N) is 1. The molecule has 0 fully saturated rings. The van der Waals surface area contributed by atoms with Crippen LogP contribution in [0.25, 0.3) is 30.9 Å². The molecule has 0 saturated heterocycles. The molecule has 0 aliphatic rings. The summed E-state index contributed by atoms with van der Waals surface area (Å²) in [6.07, 6.45) is 6.93. The van der Waals surface area contributed by atoms with E-state index in [1.807, 2.05) is 33.9 Å². The summed E-state index contributed by atoms with van der Waals surface area (Å²) in [6.45, 7) is 19.1. The minimum Gasteiger partial charge on any atom is 0 e. The molecule has 3 nitrogen and oxygen atoms in total. The van der Waals surface area contributed by atoms with Gasteiger partial charge in [-0.3, -0.25) is 4.79 Å². The van der Waals surface area contributed by atoms with Gasteiger partial charge < -0.3 is 5.11 Å². The Kier molecular flexibility index (Phi) is 14.3. The molecule has 1 N–H and O–H groups in total. The molecular formula is C38H48IrNO2Se-. The number of aryl methyl sites for hydroxylation is 2. The molecule has 2 heterocycles. The molecule has 0 atom stereocenters. The van der Waals surface area contributed by atoms with Crippen LogP contribution in [0.15, 0.2) is 66.6 Å². The maximum absolute atomic E-state index is 11.7. The topological polar surface area (TPSA) is 50.2 Å². The molecule has 2 aromatic heterocycles. The monoisotopic (exact) mass is 823 g/mol. The largest absolute Gasteiger partial charge is 0 e. The normalized spacial score (nSPS) is 11.8. The molecule has 0 amide bonds. The van der Waals surface area contributed by atoms with Gasteiger partial charge in [-0.05, 0) is 25.7 Å². The van der Waals surface area contributed by atoms with Crippen molar-refractivity contribution in [1.29, 1.82) is 0 Å². The van der Waals surface area contributed by atoms with E-state index in [-0.39, 0.29) is 48.9 Å². The Labute approximate surface area is 279 Å². The number of benzene rings is 2. The summed E-state index contributed by atoms with van der Waals surface area (Å²) in [5, 5.41) is 11.0. The molecule has 5 heteroatoms. The number of aliphatic hydroxyl groups is 1. The molecule has 2 aromatic carbocycles. The van der Waals surface area contributed by atoms with Crippen LogP contribution in [0.4, 0.5) is 0 Å². The molecule has 0 aliphatic carbocycles. The average Bonchev–Trinajstić information content (AvgIpc) is 3.37. The molecule has 0 spiro atoms. The van der Waals surface area contributed by atoms with Crippen molar-refractivity contribution in [3.05, 3.63) is 89.3 Å². The first-order valence-corrected chi connectivity index (χ1v) is 17.1. The molecular weight excluding hydrogens is 774 g/mol. The minimum absolute atomic E-state index is 0. The molecule has 233 valence electrons. The number of hydrogen-bond donors (Lipinski definition) is 1. The van der Waals surface area contributed by atoms with Crippen LogP contribution < -0.4 is 0 Å². The molecule has 0 unspecified atom stereocenters. The SMILES string of the molecule is CCC(CC)C(=O)/C=C(\O)C(CC)CC.Cc1[c-]c(-c2cc3[se]c(-c4ccc(C(C)(C)C)cc4)cc3cn2)cc(C)c1.[Ir]. The summed E-state index contributed by atoms with van der Waals surface area (Å²) in [4.78, 5) is 16.4. The Hall–Kier alpha value is -2.29. The summed E-state index contributed by atoms with van der Waals surface area (Å²) < 4.78 is 2.84. The van der Waals surface area contributed by atoms with Crippen LogP contribution in [-0.2, 0) is 30.3 Å². The second-order valence-corrected chi connectivity index (χ2v) is 14.6. The zero-order chi connectivity index (χ0) is 31.0. The van der Waals surface area contributed by atoms with Gasteiger partial charge in [-0.2, -0.15) is 0 Å². The summed E-state index contributed by atoms with van der Waals surface area (Å²) >= 11 is 0.315.